The number of aryl methyl sites for hydroxylation is 2. The molecule has 1 aromatic rings. The molecule has 0 radical (unpaired) electrons. The fourth-order valence-corrected chi connectivity index (χ4v) is 2.09. The smallest absolute Gasteiger partial charge is 0.324 e. The lowest BCUT2D eigenvalue weighted by Gasteiger charge is -2.30. The molecule has 0 aliphatic carbocycles. The van der Waals surface area contributed by atoms with Crippen LogP contribution in [0.25, 0.3) is 0 Å². The fraction of sp³-hybridized carbons (Fsp3) is 0.467. The van der Waals surface area contributed by atoms with Crippen LogP contribution in [0.5, 0.6) is 0 Å². The normalized spacial score (nSPS) is 10.5. The lowest BCUT2D eigenvalue weighted by Crippen LogP contribution is -2.47. The molecule has 0 aliphatic rings. The van der Waals surface area contributed by atoms with E-state index in [0.717, 1.165) is 16.8 Å². The minimum absolute atomic E-state index is 0.174. The molecule has 20 heavy (non-hydrogen) atoms. The number of benzene rings is 1. The molecule has 1 rings (SSSR count). The summed E-state index contributed by atoms with van der Waals surface area (Å²) in [5.74, 6) is -1.01. The zero-order valence-electron chi connectivity index (χ0n) is 12.7. The average molecular weight is 278 g/mol. The molecule has 0 aliphatic heterocycles. The maximum atomic E-state index is 12.4. The molecule has 0 atom stereocenters. The van der Waals surface area contributed by atoms with E-state index in [1.807, 2.05) is 32.0 Å². The van der Waals surface area contributed by atoms with E-state index in [9.17, 15) is 9.59 Å². The van der Waals surface area contributed by atoms with Crippen LogP contribution in [0.1, 0.15) is 25.0 Å². The molecule has 1 N–H and O–H groups in total. The number of hydrogen-bond acceptors (Lipinski definition) is 2. The van der Waals surface area contributed by atoms with Crippen LogP contribution in [0.3, 0.4) is 0 Å². The summed E-state index contributed by atoms with van der Waals surface area (Å²) in [5, 5.41) is 8.91. The van der Waals surface area contributed by atoms with Crippen molar-refractivity contribution in [2.24, 2.45) is 0 Å². The van der Waals surface area contributed by atoms with Gasteiger partial charge < -0.3 is 10.0 Å². The summed E-state index contributed by atoms with van der Waals surface area (Å²) in [6.45, 7) is 7.23. The number of carbonyl (C=O) groups is 2. The zero-order valence-corrected chi connectivity index (χ0v) is 12.7. The van der Waals surface area contributed by atoms with E-state index in [1.54, 1.807) is 20.9 Å². The van der Waals surface area contributed by atoms with Crippen molar-refractivity contribution in [2.75, 3.05) is 18.5 Å². The molecular weight excluding hydrogens is 256 g/mol. The Bertz CT molecular complexity index is 512. The highest BCUT2D eigenvalue weighted by molar-refractivity contribution is 5.94. The van der Waals surface area contributed by atoms with Gasteiger partial charge in [-0.3, -0.25) is 9.69 Å². The van der Waals surface area contributed by atoms with Crippen LogP contribution in [0, 0.1) is 13.8 Å². The molecule has 0 heterocycles. The summed E-state index contributed by atoms with van der Waals surface area (Å²) >= 11 is 0. The summed E-state index contributed by atoms with van der Waals surface area (Å²) in [6, 6.07) is 5.32. The first kappa shape index (κ1) is 16.0. The van der Waals surface area contributed by atoms with Gasteiger partial charge >= 0.3 is 12.0 Å². The van der Waals surface area contributed by atoms with Crippen LogP contribution < -0.4 is 4.90 Å². The van der Waals surface area contributed by atoms with Crippen molar-refractivity contribution in [3.63, 3.8) is 0 Å². The van der Waals surface area contributed by atoms with E-state index in [1.165, 1.54) is 9.80 Å². The number of aliphatic carboxylic acids is 1. The summed E-state index contributed by atoms with van der Waals surface area (Å²) in [6.07, 6.45) is 0. The maximum absolute atomic E-state index is 12.4. The SMILES string of the molecule is Cc1ccc(N(C)C(=O)N(CC(=O)O)C(C)C)c(C)c1. The van der Waals surface area contributed by atoms with Gasteiger partial charge in [-0.15, -0.1) is 0 Å². The lowest BCUT2D eigenvalue weighted by atomic mass is 10.1. The highest BCUT2D eigenvalue weighted by atomic mass is 16.4. The van der Waals surface area contributed by atoms with E-state index >= 15 is 0 Å². The Kier molecular flexibility index (Phi) is 5.13. The van der Waals surface area contributed by atoms with Crippen LogP contribution >= 0.6 is 0 Å². The summed E-state index contributed by atoms with van der Waals surface area (Å²) in [4.78, 5) is 26.2. The van der Waals surface area contributed by atoms with Gasteiger partial charge in [0.2, 0.25) is 0 Å². The third kappa shape index (κ3) is 3.73. The van der Waals surface area contributed by atoms with E-state index in [2.05, 4.69) is 0 Å². The fourth-order valence-electron chi connectivity index (χ4n) is 2.09. The van der Waals surface area contributed by atoms with Crippen molar-refractivity contribution < 1.29 is 14.7 Å². The van der Waals surface area contributed by atoms with Gasteiger partial charge in [0.05, 0.1) is 0 Å². The first-order chi connectivity index (χ1) is 9.23. The zero-order chi connectivity index (χ0) is 15.4. The number of rotatable bonds is 4. The minimum atomic E-state index is -1.01. The van der Waals surface area contributed by atoms with Gasteiger partial charge in [-0.25, -0.2) is 4.79 Å². The van der Waals surface area contributed by atoms with Crippen molar-refractivity contribution in [2.45, 2.75) is 33.7 Å². The number of carboxylic acids is 1. The topological polar surface area (TPSA) is 60.9 Å². The maximum Gasteiger partial charge on any atom is 0.324 e. The molecule has 0 aromatic heterocycles. The highest BCUT2D eigenvalue weighted by Gasteiger charge is 2.24. The summed E-state index contributed by atoms with van der Waals surface area (Å²) < 4.78 is 0. The van der Waals surface area contributed by atoms with Crippen molar-refractivity contribution in [1.29, 1.82) is 0 Å². The second kappa shape index (κ2) is 6.41. The van der Waals surface area contributed by atoms with E-state index in [0.29, 0.717) is 0 Å². The molecule has 0 spiro atoms. The monoisotopic (exact) mass is 278 g/mol. The molecule has 0 unspecified atom stereocenters. The van der Waals surface area contributed by atoms with Gasteiger partial charge in [-0.05, 0) is 39.3 Å². The second-order valence-electron chi connectivity index (χ2n) is 5.25. The highest BCUT2D eigenvalue weighted by Crippen LogP contribution is 2.21. The van der Waals surface area contributed by atoms with Crippen LogP contribution in [0.15, 0.2) is 18.2 Å². The standard InChI is InChI=1S/C15H22N2O3/c1-10(2)17(9-14(18)19)15(20)16(5)13-7-6-11(3)8-12(13)4/h6-8,10H,9H2,1-5H3,(H,18,19). The Morgan fingerprint density at radius 1 is 1.25 bits per heavy atom. The van der Waals surface area contributed by atoms with E-state index < -0.39 is 5.97 Å². The Labute approximate surface area is 119 Å². The quantitative estimate of drug-likeness (QED) is 0.921. The van der Waals surface area contributed by atoms with E-state index in [4.69, 9.17) is 5.11 Å². The number of nitrogens with zero attached hydrogens (tertiary/aromatic N) is 2. The first-order valence-corrected chi connectivity index (χ1v) is 6.57. The Morgan fingerprint density at radius 3 is 2.30 bits per heavy atom. The van der Waals surface area contributed by atoms with Crippen LogP contribution in [0.2, 0.25) is 0 Å². The van der Waals surface area contributed by atoms with Crippen LogP contribution in [-0.4, -0.2) is 41.6 Å². The van der Waals surface area contributed by atoms with Gasteiger partial charge in [0.25, 0.3) is 0 Å². The Balaban J connectivity index is 3.01. The predicted octanol–water partition coefficient (Wildman–Crippen LogP) is 2.65. The number of carbonyl (C=O) groups excluding carboxylic acids is 1. The molecular formula is C15H22N2O3. The number of urea groups is 1. The van der Waals surface area contributed by atoms with Crippen LogP contribution in [-0.2, 0) is 4.79 Å². The third-order valence-electron chi connectivity index (χ3n) is 3.18. The second-order valence-corrected chi connectivity index (χ2v) is 5.25. The van der Waals surface area contributed by atoms with Crippen LogP contribution in [0.4, 0.5) is 10.5 Å². The molecule has 0 saturated carbocycles. The van der Waals surface area contributed by atoms with Crippen molar-refractivity contribution >= 4 is 17.7 Å². The van der Waals surface area contributed by atoms with Gasteiger partial charge in [0.1, 0.15) is 6.54 Å². The molecule has 0 bridgehead atoms. The Hall–Kier alpha value is -2.04. The Morgan fingerprint density at radius 2 is 1.85 bits per heavy atom. The summed E-state index contributed by atoms with van der Waals surface area (Å²) in [5.41, 5.74) is 2.90. The molecule has 5 nitrogen and oxygen atoms in total. The van der Waals surface area contributed by atoms with Crippen molar-refractivity contribution in [3.8, 4) is 0 Å². The van der Waals surface area contributed by atoms with Crippen molar-refractivity contribution in [3.05, 3.63) is 29.3 Å². The van der Waals surface area contributed by atoms with Gasteiger partial charge in [-0.2, -0.15) is 0 Å². The number of carboxylic acid groups (broad SMARTS) is 1. The predicted molar refractivity (Wildman–Crippen MR) is 79.2 cm³/mol. The average Bonchev–Trinajstić information content (AvgIpc) is 2.34. The first-order valence-electron chi connectivity index (χ1n) is 6.57. The van der Waals surface area contributed by atoms with Crippen molar-refractivity contribution in [1.82, 2.24) is 4.90 Å². The number of hydrogen-bond donors (Lipinski definition) is 1. The lowest BCUT2D eigenvalue weighted by molar-refractivity contribution is -0.137. The van der Waals surface area contributed by atoms with Gasteiger partial charge in [0.15, 0.2) is 0 Å². The number of amides is 2. The molecule has 0 saturated heterocycles. The minimum Gasteiger partial charge on any atom is -0.480 e. The molecule has 110 valence electrons. The largest absolute Gasteiger partial charge is 0.480 e. The summed E-state index contributed by atoms with van der Waals surface area (Å²) in [7, 11) is 1.66. The molecule has 2 amide bonds. The molecule has 5 heteroatoms. The van der Waals surface area contributed by atoms with Gasteiger partial charge in [-0.1, -0.05) is 17.7 Å². The van der Waals surface area contributed by atoms with E-state index in [-0.39, 0.29) is 18.6 Å². The van der Waals surface area contributed by atoms with Gasteiger partial charge in [0, 0.05) is 18.8 Å². The molecule has 1 aromatic carbocycles. The number of anilines is 1. The third-order valence-corrected chi connectivity index (χ3v) is 3.18. The molecule has 0 fully saturated rings.